The number of sulfonamides is 1. The molecule has 3 unspecified atom stereocenters. The second-order valence-electron chi connectivity index (χ2n) is 14.7. The number of methoxy groups -OCH3 is 1. The number of allylic oxidation sites excluding steroid dienone is 1. The van der Waals surface area contributed by atoms with Gasteiger partial charge in [0.05, 0.1) is 31.3 Å². The molecule has 5 atom stereocenters. The maximum Gasteiger partial charge on any atom is 0.256 e. The number of aromatic nitrogens is 1. The maximum absolute atomic E-state index is 14.0. The molecule has 5 rings (SSSR count). The summed E-state index contributed by atoms with van der Waals surface area (Å²) in [5.41, 5.74) is 1.88. The standard InChI is InChI=1S/C37H55N5O8S/c1-6-10-30(35(44)40-51(46,47)28-11-12-28)39-36(45)31-21-27(50-37-29-19-25(4)32(48-5)20-26(29)15-16-38-37)22-42(31)33(43)13-14-34(49-23-24(2)3)41-17-8-7-9-18-41/h6,15-16,20,24-25,27-28,30-31,34H,1,7-14,17-19,21-23H2,2-5H3,(H,39,45)(H,40,44)/t25?,27?,30-,31+,34?/m1/s1. The van der Waals surface area contributed by atoms with Crippen LogP contribution in [0.15, 0.2) is 30.7 Å². The van der Waals surface area contributed by atoms with Gasteiger partial charge in [-0.3, -0.25) is 24.0 Å². The van der Waals surface area contributed by atoms with Crippen LogP contribution in [0.25, 0.3) is 6.08 Å². The average Bonchev–Trinajstić information content (AvgIpc) is 3.89. The van der Waals surface area contributed by atoms with Crippen LogP contribution in [-0.2, 0) is 40.3 Å². The van der Waals surface area contributed by atoms with E-state index >= 15 is 0 Å². The van der Waals surface area contributed by atoms with E-state index in [1.165, 1.54) is 17.4 Å². The molecule has 3 amide bonds. The molecule has 2 saturated heterocycles. The van der Waals surface area contributed by atoms with Gasteiger partial charge in [-0.15, -0.1) is 6.58 Å². The first kappa shape index (κ1) is 38.7. The number of nitrogens with zero attached hydrogens (tertiary/aromatic N) is 3. The zero-order valence-corrected chi connectivity index (χ0v) is 31.3. The zero-order chi connectivity index (χ0) is 36.7. The largest absolute Gasteiger partial charge is 0.501 e. The highest BCUT2D eigenvalue weighted by Gasteiger charge is 2.43. The molecule has 2 aliphatic heterocycles. The lowest BCUT2D eigenvalue weighted by atomic mass is 9.90. The predicted molar refractivity (Wildman–Crippen MR) is 193 cm³/mol. The van der Waals surface area contributed by atoms with Crippen LogP contribution in [-0.4, -0.2) is 104 Å². The van der Waals surface area contributed by atoms with Crippen molar-refractivity contribution in [2.45, 2.75) is 115 Å². The van der Waals surface area contributed by atoms with Crippen LogP contribution < -0.4 is 14.8 Å². The van der Waals surface area contributed by atoms with Gasteiger partial charge in [0.25, 0.3) is 5.91 Å². The molecule has 1 aromatic heterocycles. The van der Waals surface area contributed by atoms with Gasteiger partial charge in [-0.05, 0) is 68.6 Å². The molecule has 13 nitrogen and oxygen atoms in total. The zero-order valence-electron chi connectivity index (χ0n) is 30.5. The van der Waals surface area contributed by atoms with Gasteiger partial charge in [-0.25, -0.2) is 13.4 Å². The van der Waals surface area contributed by atoms with Gasteiger partial charge >= 0.3 is 0 Å². The number of rotatable bonds is 17. The van der Waals surface area contributed by atoms with Crippen molar-refractivity contribution in [1.29, 1.82) is 0 Å². The number of carbonyl (C=O) groups is 3. The molecular weight excluding hydrogens is 675 g/mol. The topological polar surface area (TPSA) is 156 Å². The van der Waals surface area contributed by atoms with E-state index in [0.717, 1.165) is 42.8 Å². The Morgan fingerprint density at radius 2 is 1.90 bits per heavy atom. The fourth-order valence-electron chi connectivity index (χ4n) is 7.07. The first-order valence-electron chi connectivity index (χ1n) is 18.4. The van der Waals surface area contributed by atoms with Crippen molar-refractivity contribution in [2.75, 3.05) is 33.4 Å². The molecule has 51 heavy (non-hydrogen) atoms. The lowest BCUT2D eigenvalue weighted by molar-refractivity contribution is -0.141. The van der Waals surface area contributed by atoms with Crippen molar-refractivity contribution in [2.24, 2.45) is 11.8 Å². The molecule has 4 aliphatic rings. The molecule has 2 aliphatic carbocycles. The molecule has 282 valence electrons. The molecule has 3 heterocycles. The summed E-state index contributed by atoms with van der Waals surface area (Å²) in [5.74, 6) is 0.173. The summed E-state index contributed by atoms with van der Waals surface area (Å²) < 4.78 is 45.5. The first-order valence-corrected chi connectivity index (χ1v) is 20.0. The molecule has 0 spiro atoms. The lowest BCUT2D eigenvalue weighted by Crippen LogP contribution is -2.54. The van der Waals surface area contributed by atoms with E-state index in [0.29, 0.717) is 44.1 Å². The highest BCUT2D eigenvalue weighted by molar-refractivity contribution is 7.90. The van der Waals surface area contributed by atoms with Crippen molar-refractivity contribution >= 4 is 33.8 Å². The van der Waals surface area contributed by atoms with Gasteiger partial charge in [0.2, 0.25) is 27.7 Å². The van der Waals surface area contributed by atoms with E-state index in [4.69, 9.17) is 14.2 Å². The number of hydrogen-bond acceptors (Lipinski definition) is 10. The van der Waals surface area contributed by atoms with Crippen molar-refractivity contribution < 1.29 is 37.0 Å². The molecular formula is C37H55N5O8S. The molecule has 14 heteroatoms. The first-order chi connectivity index (χ1) is 24.4. The van der Waals surface area contributed by atoms with E-state index in [9.17, 15) is 22.8 Å². The van der Waals surface area contributed by atoms with Crippen LogP contribution >= 0.6 is 0 Å². The van der Waals surface area contributed by atoms with E-state index in [1.54, 1.807) is 13.3 Å². The Labute approximate surface area is 302 Å². The van der Waals surface area contributed by atoms with Gasteiger partial charge in [-0.1, -0.05) is 33.3 Å². The normalized spacial score (nSPS) is 23.5. The van der Waals surface area contributed by atoms with Crippen LogP contribution in [0.1, 0.15) is 89.7 Å². The fourth-order valence-corrected chi connectivity index (χ4v) is 8.41. The van der Waals surface area contributed by atoms with Gasteiger partial charge in [0.15, 0.2) is 0 Å². The molecule has 0 bridgehead atoms. The van der Waals surface area contributed by atoms with E-state index in [1.807, 2.05) is 12.1 Å². The number of nitrogens with one attached hydrogen (secondary N) is 2. The summed E-state index contributed by atoms with van der Waals surface area (Å²) in [4.78, 5) is 49.5. The summed E-state index contributed by atoms with van der Waals surface area (Å²) in [7, 11) is -2.17. The Morgan fingerprint density at radius 1 is 1.16 bits per heavy atom. The molecule has 0 aromatic carbocycles. The Bertz CT molecular complexity index is 1560. The summed E-state index contributed by atoms with van der Waals surface area (Å²) >= 11 is 0. The third-order valence-electron chi connectivity index (χ3n) is 10.0. The Morgan fingerprint density at radius 3 is 2.57 bits per heavy atom. The fraction of sp³-hybridized carbons (Fsp3) is 0.676. The lowest BCUT2D eigenvalue weighted by Gasteiger charge is -2.35. The summed E-state index contributed by atoms with van der Waals surface area (Å²) in [6.07, 6.45) is 10.1. The number of piperidine rings is 1. The molecule has 0 radical (unpaired) electrons. The number of fused-ring (bicyclic) bond motifs is 1. The summed E-state index contributed by atoms with van der Waals surface area (Å²) in [6.45, 7) is 12.5. The van der Waals surface area contributed by atoms with Gasteiger partial charge in [0, 0.05) is 43.6 Å². The van der Waals surface area contributed by atoms with Crippen LogP contribution in [0.4, 0.5) is 0 Å². The van der Waals surface area contributed by atoms with E-state index < -0.39 is 45.3 Å². The third-order valence-corrected chi connectivity index (χ3v) is 11.8. The van der Waals surface area contributed by atoms with Gasteiger partial charge < -0.3 is 24.4 Å². The second kappa shape index (κ2) is 17.4. The van der Waals surface area contributed by atoms with Crippen molar-refractivity contribution in [3.8, 4) is 5.88 Å². The van der Waals surface area contributed by atoms with Crippen molar-refractivity contribution in [3.05, 3.63) is 41.8 Å². The van der Waals surface area contributed by atoms with Crippen LogP contribution in [0.2, 0.25) is 0 Å². The number of amides is 3. The Hall–Kier alpha value is -3.49. The SMILES string of the molecule is C=CC[C@@H](NC(=O)[C@@H]1CC(Oc2nccc3c2CC(C)C(OC)=C3)CN1C(=O)CCC(OCC(C)C)N1CCCCC1)C(=O)NS(=O)(=O)C1CC1. The number of carbonyl (C=O) groups excluding carboxylic acids is 3. The van der Waals surface area contributed by atoms with Crippen LogP contribution in [0.3, 0.4) is 0 Å². The summed E-state index contributed by atoms with van der Waals surface area (Å²) in [5, 5.41) is 2.12. The minimum atomic E-state index is -3.83. The highest BCUT2D eigenvalue weighted by atomic mass is 32.2. The van der Waals surface area contributed by atoms with Gasteiger partial charge in [0.1, 0.15) is 24.4 Å². The van der Waals surface area contributed by atoms with E-state index in [2.05, 4.69) is 47.3 Å². The Balaban J connectivity index is 1.34. The van der Waals surface area contributed by atoms with Crippen LogP contribution in [0, 0.1) is 11.8 Å². The van der Waals surface area contributed by atoms with Gasteiger partial charge in [-0.2, -0.15) is 0 Å². The van der Waals surface area contributed by atoms with Crippen molar-refractivity contribution in [3.63, 3.8) is 0 Å². The average molecular weight is 730 g/mol. The quantitative estimate of drug-likeness (QED) is 0.228. The second-order valence-corrected chi connectivity index (χ2v) is 16.7. The molecule has 2 N–H and O–H groups in total. The predicted octanol–water partition coefficient (Wildman–Crippen LogP) is 3.54. The number of pyridine rings is 1. The molecule has 1 saturated carbocycles. The number of hydrogen-bond donors (Lipinski definition) is 2. The number of likely N-dealkylation sites (tertiary alicyclic amines) is 2. The van der Waals surface area contributed by atoms with Crippen LogP contribution in [0.5, 0.6) is 5.88 Å². The highest BCUT2D eigenvalue weighted by Crippen LogP contribution is 2.35. The molecule has 3 fully saturated rings. The third kappa shape index (κ3) is 10.1. The summed E-state index contributed by atoms with van der Waals surface area (Å²) in [6, 6.07) is -0.229. The smallest absolute Gasteiger partial charge is 0.256 e. The van der Waals surface area contributed by atoms with E-state index in [-0.39, 0.29) is 43.9 Å². The minimum absolute atomic E-state index is 0.0122. The molecule has 1 aromatic rings. The number of ether oxygens (including phenoxy) is 3. The minimum Gasteiger partial charge on any atom is -0.501 e. The Kier molecular flexibility index (Phi) is 13.2. The monoisotopic (exact) mass is 729 g/mol. The maximum atomic E-state index is 14.0. The van der Waals surface area contributed by atoms with Crippen molar-refractivity contribution in [1.82, 2.24) is 24.8 Å².